The standard InChI is InChI=1S/C22H23N7OS2/c1-14-5-6-15(2)19(11-14)29-16(3)25-27-22(29)31-12-20(30)24-17-7-9-18(10-8-17)32-21-26-23-13-28(21)4/h5-11,13H,12H2,1-4H3,(H,24,30). The van der Waals surface area contributed by atoms with Crippen molar-refractivity contribution >= 4 is 35.1 Å². The molecule has 0 aliphatic carbocycles. The molecule has 0 aliphatic rings. The Balaban J connectivity index is 1.39. The minimum atomic E-state index is -0.100. The highest BCUT2D eigenvalue weighted by Gasteiger charge is 2.15. The van der Waals surface area contributed by atoms with Crippen molar-refractivity contribution in [3.63, 3.8) is 0 Å². The summed E-state index contributed by atoms with van der Waals surface area (Å²) in [6.07, 6.45) is 1.66. The second kappa shape index (κ2) is 9.58. The largest absolute Gasteiger partial charge is 0.325 e. The molecule has 0 fully saturated rings. The topological polar surface area (TPSA) is 90.5 Å². The molecule has 8 nitrogen and oxygen atoms in total. The number of benzene rings is 2. The Morgan fingerprint density at radius 2 is 1.78 bits per heavy atom. The lowest BCUT2D eigenvalue weighted by atomic mass is 10.1. The summed E-state index contributed by atoms with van der Waals surface area (Å²) >= 11 is 2.88. The molecule has 1 N–H and O–H groups in total. The van der Waals surface area contributed by atoms with E-state index in [4.69, 9.17) is 0 Å². The van der Waals surface area contributed by atoms with Crippen LogP contribution in [0.4, 0.5) is 5.69 Å². The molecule has 0 spiro atoms. The summed E-state index contributed by atoms with van der Waals surface area (Å²) in [6.45, 7) is 6.03. The summed E-state index contributed by atoms with van der Waals surface area (Å²) in [5, 5.41) is 20.9. The van der Waals surface area contributed by atoms with Gasteiger partial charge in [0, 0.05) is 17.6 Å². The quantitative estimate of drug-likeness (QED) is 0.409. The summed E-state index contributed by atoms with van der Waals surface area (Å²) in [4.78, 5) is 13.6. The molecular weight excluding hydrogens is 442 g/mol. The third kappa shape index (κ3) is 5.03. The Labute approximate surface area is 194 Å². The number of thioether (sulfide) groups is 1. The van der Waals surface area contributed by atoms with E-state index in [-0.39, 0.29) is 11.7 Å². The monoisotopic (exact) mass is 465 g/mol. The minimum Gasteiger partial charge on any atom is -0.325 e. The molecule has 10 heteroatoms. The van der Waals surface area contributed by atoms with Crippen molar-refractivity contribution in [3.8, 4) is 5.69 Å². The first kappa shape index (κ1) is 22.1. The van der Waals surface area contributed by atoms with Crippen LogP contribution < -0.4 is 5.32 Å². The van der Waals surface area contributed by atoms with Gasteiger partial charge in [0.15, 0.2) is 10.3 Å². The zero-order valence-electron chi connectivity index (χ0n) is 18.2. The van der Waals surface area contributed by atoms with Crippen LogP contribution in [0.25, 0.3) is 5.69 Å². The molecule has 0 bridgehead atoms. The van der Waals surface area contributed by atoms with Gasteiger partial charge in [0.25, 0.3) is 0 Å². The zero-order chi connectivity index (χ0) is 22.7. The Kier molecular flexibility index (Phi) is 6.61. The average molecular weight is 466 g/mol. The van der Waals surface area contributed by atoms with Gasteiger partial charge >= 0.3 is 0 Å². The molecule has 0 radical (unpaired) electrons. The highest BCUT2D eigenvalue weighted by molar-refractivity contribution is 7.99. The summed E-state index contributed by atoms with van der Waals surface area (Å²) in [5.74, 6) is 0.924. The van der Waals surface area contributed by atoms with E-state index in [0.29, 0.717) is 5.16 Å². The van der Waals surface area contributed by atoms with Crippen LogP contribution in [0.2, 0.25) is 0 Å². The number of carbonyl (C=O) groups is 1. The number of nitrogens with zero attached hydrogens (tertiary/aromatic N) is 6. The van der Waals surface area contributed by atoms with Gasteiger partial charge in [-0.3, -0.25) is 9.36 Å². The van der Waals surface area contributed by atoms with Crippen molar-refractivity contribution in [1.82, 2.24) is 29.5 Å². The third-order valence-corrected chi connectivity index (χ3v) is 6.74. The molecule has 1 amide bonds. The first-order valence-electron chi connectivity index (χ1n) is 9.95. The van der Waals surface area contributed by atoms with Crippen LogP contribution in [0, 0.1) is 20.8 Å². The summed E-state index contributed by atoms with van der Waals surface area (Å²) in [6, 6.07) is 13.9. The van der Waals surface area contributed by atoms with Crippen LogP contribution >= 0.6 is 23.5 Å². The zero-order valence-corrected chi connectivity index (χ0v) is 19.9. The molecule has 0 aliphatic heterocycles. The van der Waals surface area contributed by atoms with Gasteiger partial charge in [0.1, 0.15) is 12.2 Å². The average Bonchev–Trinajstić information content (AvgIpc) is 3.34. The highest BCUT2D eigenvalue weighted by Crippen LogP contribution is 2.27. The fourth-order valence-corrected chi connectivity index (χ4v) is 4.63. The number of anilines is 1. The second-order valence-corrected chi connectivity index (χ2v) is 9.33. The van der Waals surface area contributed by atoms with E-state index in [1.807, 2.05) is 47.4 Å². The Hall–Kier alpha value is -3.11. The van der Waals surface area contributed by atoms with E-state index in [9.17, 15) is 4.79 Å². The van der Waals surface area contributed by atoms with E-state index < -0.39 is 0 Å². The SMILES string of the molecule is Cc1ccc(C)c(-n2c(C)nnc2SCC(=O)Nc2ccc(Sc3nncn3C)cc2)c1. The summed E-state index contributed by atoms with van der Waals surface area (Å²) in [5.41, 5.74) is 4.06. The van der Waals surface area contributed by atoms with E-state index in [0.717, 1.165) is 38.4 Å². The van der Waals surface area contributed by atoms with Crippen LogP contribution in [0.3, 0.4) is 0 Å². The number of nitrogens with one attached hydrogen (secondary N) is 1. The lowest BCUT2D eigenvalue weighted by Crippen LogP contribution is -2.14. The van der Waals surface area contributed by atoms with E-state index in [2.05, 4.69) is 57.8 Å². The van der Waals surface area contributed by atoms with Gasteiger partial charge in [-0.05, 0) is 74.0 Å². The smallest absolute Gasteiger partial charge is 0.234 e. The number of hydrogen-bond donors (Lipinski definition) is 1. The van der Waals surface area contributed by atoms with Crippen LogP contribution in [0.5, 0.6) is 0 Å². The number of aromatic nitrogens is 6. The number of carbonyl (C=O) groups excluding carboxylic acids is 1. The molecule has 0 atom stereocenters. The van der Waals surface area contributed by atoms with Crippen molar-refractivity contribution in [1.29, 1.82) is 0 Å². The number of hydrogen-bond acceptors (Lipinski definition) is 7. The highest BCUT2D eigenvalue weighted by atomic mass is 32.2. The van der Waals surface area contributed by atoms with Gasteiger partial charge in [0.2, 0.25) is 5.91 Å². The first-order chi connectivity index (χ1) is 15.4. The number of rotatable bonds is 7. The second-order valence-electron chi connectivity index (χ2n) is 7.34. The molecule has 0 unspecified atom stereocenters. The molecule has 2 aromatic heterocycles. The normalized spacial score (nSPS) is 11.0. The predicted octanol–water partition coefficient (Wildman–Crippen LogP) is 4.20. The fraction of sp³-hybridized carbons (Fsp3) is 0.227. The number of aryl methyl sites for hydroxylation is 4. The van der Waals surface area contributed by atoms with Gasteiger partial charge in [-0.15, -0.1) is 20.4 Å². The molecule has 4 aromatic rings. The van der Waals surface area contributed by atoms with Crippen LogP contribution in [0.15, 0.2) is 64.0 Å². The van der Waals surface area contributed by atoms with Crippen molar-refractivity contribution in [2.45, 2.75) is 36.0 Å². The lowest BCUT2D eigenvalue weighted by molar-refractivity contribution is -0.113. The van der Waals surface area contributed by atoms with Crippen molar-refractivity contribution < 1.29 is 4.79 Å². The van der Waals surface area contributed by atoms with Crippen molar-refractivity contribution in [2.24, 2.45) is 7.05 Å². The molecule has 0 saturated heterocycles. The molecule has 4 rings (SSSR count). The van der Waals surface area contributed by atoms with Gasteiger partial charge in [-0.1, -0.05) is 23.9 Å². The van der Waals surface area contributed by atoms with Gasteiger partial charge in [0.05, 0.1) is 11.4 Å². The molecular formula is C22H23N7OS2. The minimum absolute atomic E-state index is 0.100. The molecule has 164 valence electrons. The van der Waals surface area contributed by atoms with Crippen molar-refractivity contribution in [2.75, 3.05) is 11.1 Å². The molecule has 0 saturated carbocycles. The Bertz CT molecular complexity index is 1250. The first-order valence-corrected chi connectivity index (χ1v) is 11.7. The third-order valence-electron chi connectivity index (χ3n) is 4.75. The summed E-state index contributed by atoms with van der Waals surface area (Å²) in [7, 11) is 1.90. The van der Waals surface area contributed by atoms with E-state index >= 15 is 0 Å². The fourth-order valence-electron chi connectivity index (χ4n) is 3.08. The predicted molar refractivity (Wildman–Crippen MR) is 126 cm³/mol. The van der Waals surface area contributed by atoms with Crippen molar-refractivity contribution in [3.05, 3.63) is 65.7 Å². The van der Waals surface area contributed by atoms with Gasteiger partial charge in [-0.25, -0.2) is 0 Å². The molecule has 32 heavy (non-hydrogen) atoms. The Morgan fingerprint density at radius 3 is 2.50 bits per heavy atom. The lowest BCUT2D eigenvalue weighted by Gasteiger charge is -2.12. The molecule has 2 heterocycles. The van der Waals surface area contributed by atoms with Crippen LogP contribution in [0.1, 0.15) is 17.0 Å². The maximum absolute atomic E-state index is 12.5. The van der Waals surface area contributed by atoms with E-state index in [1.165, 1.54) is 23.5 Å². The summed E-state index contributed by atoms with van der Waals surface area (Å²) < 4.78 is 3.86. The maximum atomic E-state index is 12.5. The van der Waals surface area contributed by atoms with Gasteiger partial charge in [-0.2, -0.15) is 0 Å². The number of amides is 1. The van der Waals surface area contributed by atoms with Crippen LogP contribution in [-0.4, -0.2) is 41.2 Å². The maximum Gasteiger partial charge on any atom is 0.234 e. The van der Waals surface area contributed by atoms with Crippen LogP contribution in [-0.2, 0) is 11.8 Å². The Morgan fingerprint density at radius 1 is 1.00 bits per heavy atom. The van der Waals surface area contributed by atoms with Gasteiger partial charge < -0.3 is 9.88 Å². The van der Waals surface area contributed by atoms with E-state index in [1.54, 1.807) is 6.33 Å². The molecule has 2 aromatic carbocycles.